The van der Waals surface area contributed by atoms with E-state index >= 15 is 0 Å². The van der Waals surface area contributed by atoms with E-state index in [-0.39, 0.29) is 0 Å². The summed E-state index contributed by atoms with van der Waals surface area (Å²) < 4.78 is 5.26. The van der Waals surface area contributed by atoms with Crippen molar-refractivity contribution < 1.29 is 9.84 Å². The molecule has 0 amide bonds. The van der Waals surface area contributed by atoms with Crippen molar-refractivity contribution in [2.24, 2.45) is 5.73 Å². The molecular weight excluding hydrogens is 202 g/mol. The summed E-state index contributed by atoms with van der Waals surface area (Å²) in [7, 11) is 0. The number of ether oxygens (including phenoxy) is 1. The van der Waals surface area contributed by atoms with Crippen LogP contribution in [0.4, 0.5) is 0 Å². The molecule has 0 aliphatic carbocycles. The average molecular weight is 221 g/mol. The van der Waals surface area contributed by atoms with Gasteiger partial charge >= 0.3 is 0 Å². The van der Waals surface area contributed by atoms with E-state index in [0.717, 1.165) is 18.4 Å². The van der Waals surface area contributed by atoms with Crippen molar-refractivity contribution in [3.05, 3.63) is 35.4 Å². The van der Waals surface area contributed by atoms with Crippen molar-refractivity contribution in [2.75, 3.05) is 13.2 Å². The van der Waals surface area contributed by atoms with Crippen LogP contribution in [0.15, 0.2) is 24.3 Å². The van der Waals surface area contributed by atoms with Gasteiger partial charge in [0.1, 0.15) is 0 Å². The normalized spacial score (nSPS) is 19.6. The first-order valence-corrected chi connectivity index (χ1v) is 5.80. The molecule has 0 aromatic heterocycles. The number of hydrogen-bond donors (Lipinski definition) is 2. The second kappa shape index (κ2) is 4.95. The van der Waals surface area contributed by atoms with Gasteiger partial charge in [0.25, 0.3) is 0 Å². The Morgan fingerprint density at radius 3 is 2.25 bits per heavy atom. The van der Waals surface area contributed by atoms with Crippen molar-refractivity contribution in [1.82, 2.24) is 0 Å². The van der Waals surface area contributed by atoms with Gasteiger partial charge in [-0.2, -0.15) is 0 Å². The highest BCUT2D eigenvalue weighted by atomic mass is 16.5. The zero-order chi connectivity index (χ0) is 11.4. The maximum Gasteiger partial charge on any atom is 0.0731 e. The summed E-state index contributed by atoms with van der Waals surface area (Å²) in [6.45, 7) is 1.90. The Hall–Kier alpha value is -0.900. The zero-order valence-corrected chi connectivity index (χ0v) is 9.48. The van der Waals surface area contributed by atoms with Crippen LogP contribution >= 0.6 is 0 Å². The van der Waals surface area contributed by atoms with Crippen LogP contribution in [0.25, 0.3) is 0 Å². The van der Waals surface area contributed by atoms with Crippen LogP contribution in [-0.4, -0.2) is 23.9 Å². The molecule has 1 heterocycles. The lowest BCUT2D eigenvalue weighted by Crippen LogP contribution is -2.38. The van der Waals surface area contributed by atoms with Gasteiger partial charge in [-0.15, -0.1) is 0 Å². The summed E-state index contributed by atoms with van der Waals surface area (Å²) in [5.41, 5.74) is 7.26. The lowest BCUT2D eigenvalue weighted by atomic mass is 9.87. The minimum atomic E-state index is -0.581. The van der Waals surface area contributed by atoms with Crippen molar-refractivity contribution in [1.29, 1.82) is 0 Å². The van der Waals surface area contributed by atoms with E-state index in [0.29, 0.717) is 26.2 Å². The minimum Gasteiger partial charge on any atom is -0.389 e. The van der Waals surface area contributed by atoms with E-state index in [1.165, 1.54) is 5.56 Å². The molecule has 16 heavy (non-hydrogen) atoms. The molecule has 1 fully saturated rings. The van der Waals surface area contributed by atoms with Crippen LogP contribution in [-0.2, 0) is 17.7 Å². The third-order valence-electron chi connectivity index (χ3n) is 3.22. The van der Waals surface area contributed by atoms with Gasteiger partial charge in [-0.1, -0.05) is 24.3 Å². The highest BCUT2D eigenvalue weighted by Gasteiger charge is 2.29. The van der Waals surface area contributed by atoms with Crippen LogP contribution in [0.3, 0.4) is 0 Å². The summed E-state index contributed by atoms with van der Waals surface area (Å²) in [5, 5.41) is 10.3. The Morgan fingerprint density at radius 2 is 1.69 bits per heavy atom. The fraction of sp³-hybridized carbons (Fsp3) is 0.538. The molecule has 0 unspecified atom stereocenters. The number of rotatable bonds is 3. The van der Waals surface area contributed by atoms with Crippen molar-refractivity contribution in [3.63, 3.8) is 0 Å². The molecule has 88 valence electrons. The first kappa shape index (κ1) is 11.6. The Labute approximate surface area is 96.2 Å². The number of aliphatic hydroxyl groups is 1. The lowest BCUT2D eigenvalue weighted by Gasteiger charge is -2.32. The Morgan fingerprint density at radius 1 is 1.12 bits per heavy atom. The monoisotopic (exact) mass is 221 g/mol. The van der Waals surface area contributed by atoms with Gasteiger partial charge < -0.3 is 15.6 Å². The quantitative estimate of drug-likeness (QED) is 0.807. The highest BCUT2D eigenvalue weighted by molar-refractivity contribution is 5.23. The molecule has 1 aromatic rings. The molecule has 1 aliphatic heterocycles. The zero-order valence-electron chi connectivity index (χ0n) is 9.48. The predicted molar refractivity (Wildman–Crippen MR) is 63.0 cm³/mol. The van der Waals surface area contributed by atoms with Crippen molar-refractivity contribution in [3.8, 4) is 0 Å². The molecule has 3 heteroatoms. The molecular formula is C13H19NO2. The van der Waals surface area contributed by atoms with Gasteiger partial charge in [-0.25, -0.2) is 0 Å². The van der Waals surface area contributed by atoms with Gasteiger partial charge in [0.15, 0.2) is 0 Å². The smallest absolute Gasteiger partial charge is 0.0731 e. The van der Waals surface area contributed by atoms with E-state index in [1.807, 2.05) is 12.1 Å². The molecule has 3 N–H and O–H groups in total. The van der Waals surface area contributed by atoms with E-state index in [9.17, 15) is 5.11 Å². The first-order valence-electron chi connectivity index (χ1n) is 5.80. The molecule has 0 spiro atoms. The topological polar surface area (TPSA) is 55.5 Å². The molecule has 1 aromatic carbocycles. The van der Waals surface area contributed by atoms with Crippen molar-refractivity contribution >= 4 is 0 Å². The average Bonchev–Trinajstić information content (AvgIpc) is 2.30. The second-order valence-corrected chi connectivity index (χ2v) is 4.53. The number of benzene rings is 1. The number of nitrogens with two attached hydrogens (primary N) is 1. The minimum absolute atomic E-state index is 0.568. The van der Waals surface area contributed by atoms with Crippen LogP contribution in [0, 0.1) is 0 Å². The predicted octanol–water partition coefficient (Wildman–Crippen LogP) is 1.23. The molecule has 0 radical (unpaired) electrons. The Balaban J connectivity index is 2.01. The Kier molecular flexibility index (Phi) is 3.59. The largest absolute Gasteiger partial charge is 0.389 e. The summed E-state index contributed by atoms with van der Waals surface area (Å²) >= 11 is 0. The third-order valence-corrected chi connectivity index (χ3v) is 3.22. The van der Waals surface area contributed by atoms with E-state index in [1.54, 1.807) is 0 Å². The van der Waals surface area contributed by atoms with Gasteiger partial charge in [0.2, 0.25) is 0 Å². The first-order chi connectivity index (χ1) is 7.72. The van der Waals surface area contributed by atoms with Crippen LogP contribution in [0.2, 0.25) is 0 Å². The maximum absolute atomic E-state index is 10.3. The lowest BCUT2D eigenvalue weighted by molar-refractivity contribution is -0.0625. The standard InChI is InChI=1S/C13H19NO2/c14-10-12-3-1-11(2-4-12)9-13(15)5-7-16-8-6-13/h1-4,15H,5-10,14H2. The summed E-state index contributed by atoms with van der Waals surface area (Å²) in [4.78, 5) is 0. The molecule has 1 saturated heterocycles. The highest BCUT2D eigenvalue weighted by Crippen LogP contribution is 2.25. The van der Waals surface area contributed by atoms with Crippen LogP contribution in [0.5, 0.6) is 0 Å². The Bertz CT molecular complexity index is 328. The van der Waals surface area contributed by atoms with Crippen molar-refractivity contribution in [2.45, 2.75) is 31.4 Å². The van der Waals surface area contributed by atoms with Crippen LogP contribution < -0.4 is 5.73 Å². The fourth-order valence-corrected chi connectivity index (χ4v) is 2.10. The molecule has 1 aliphatic rings. The summed E-state index contributed by atoms with van der Waals surface area (Å²) in [5.74, 6) is 0. The summed E-state index contributed by atoms with van der Waals surface area (Å²) in [6.07, 6.45) is 2.17. The SMILES string of the molecule is NCc1ccc(CC2(O)CCOCC2)cc1. The number of hydrogen-bond acceptors (Lipinski definition) is 3. The molecule has 0 atom stereocenters. The van der Waals surface area contributed by atoms with Gasteiger partial charge in [-0.3, -0.25) is 0 Å². The van der Waals surface area contributed by atoms with Gasteiger partial charge in [0.05, 0.1) is 5.60 Å². The van der Waals surface area contributed by atoms with E-state index in [2.05, 4.69) is 12.1 Å². The second-order valence-electron chi connectivity index (χ2n) is 4.53. The molecule has 0 saturated carbocycles. The maximum atomic E-state index is 10.3. The fourth-order valence-electron chi connectivity index (χ4n) is 2.10. The van der Waals surface area contributed by atoms with Gasteiger partial charge in [0, 0.05) is 26.2 Å². The molecule has 2 rings (SSSR count). The summed E-state index contributed by atoms with van der Waals surface area (Å²) in [6, 6.07) is 8.15. The van der Waals surface area contributed by atoms with E-state index < -0.39 is 5.60 Å². The van der Waals surface area contributed by atoms with Gasteiger partial charge in [-0.05, 0) is 24.0 Å². The van der Waals surface area contributed by atoms with E-state index in [4.69, 9.17) is 10.5 Å². The molecule has 0 bridgehead atoms. The molecule has 3 nitrogen and oxygen atoms in total. The van der Waals surface area contributed by atoms with Crippen LogP contribution in [0.1, 0.15) is 24.0 Å². The third kappa shape index (κ3) is 2.82.